The molecule has 10 rings (SSSR count). The maximum Gasteiger partial charge on any atom is 1.00 e. The molecule has 0 aliphatic heterocycles. The molecule has 6 fully saturated rings. The summed E-state index contributed by atoms with van der Waals surface area (Å²) in [6.07, 6.45) is 19.6. The molecule has 1 unspecified atom stereocenters. The van der Waals surface area contributed by atoms with Gasteiger partial charge in [-0.25, -0.2) is 8.42 Å². The van der Waals surface area contributed by atoms with Crippen LogP contribution >= 0.6 is 0 Å². The van der Waals surface area contributed by atoms with Gasteiger partial charge in [-0.2, -0.15) is 0 Å². The summed E-state index contributed by atoms with van der Waals surface area (Å²) in [5.74, 6) is -2.09. The fourth-order valence-electron chi connectivity index (χ4n) is 17.8. The van der Waals surface area contributed by atoms with E-state index in [0.29, 0.717) is 36.3 Å². The molecule has 0 radical (unpaired) electrons. The van der Waals surface area contributed by atoms with Crippen molar-refractivity contribution in [2.45, 2.75) is 191 Å². The van der Waals surface area contributed by atoms with E-state index in [1.54, 1.807) is 26.0 Å². The maximum absolute atomic E-state index is 12.7. The van der Waals surface area contributed by atoms with Gasteiger partial charge in [-0.1, -0.05) is 84.8 Å². The molecule has 1 aromatic rings. The summed E-state index contributed by atoms with van der Waals surface area (Å²) in [6, 6.07) is 1.45. The number of hydrogen-bond acceptors (Lipinski definition) is 10. The average Bonchev–Trinajstić information content (AvgIpc) is 3.31. The molecule has 0 saturated heterocycles. The van der Waals surface area contributed by atoms with Crippen LogP contribution in [0.25, 0.3) is 0 Å². The number of rotatable bonds is 3. The first kappa shape index (κ1) is 58.5. The van der Waals surface area contributed by atoms with E-state index in [1.807, 2.05) is 20.8 Å². The summed E-state index contributed by atoms with van der Waals surface area (Å²) < 4.78 is 38.0. The largest absolute Gasteiger partial charge is 1.00 e. The van der Waals surface area contributed by atoms with Crippen LogP contribution in [0, 0.1) is 67.5 Å². The normalized spacial score (nSPS) is 42.6. The van der Waals surface area contributed by atoms with E-state index in [9.17, 15) is 52.9 Å². The molecule has 0 spiro atoms. The summed E-state index contributed by atoms with van der Waals surface area (Å²) in [5.41, 5.74) is 3.11. The zero-order valence-electron chi connectivity index (χ0n) is 46.8. The number of phenols is 2. The van der Waals surface area contributed by atoms with Gasteiger partial charge in [0.25, 0.3) is 0 Å². The molecule has 14 heteroatoms. The predicted octanol–water partition coefficient (Wildman–Crippen LogP) is 9.39. The Morgan fingerprint density at radius 3 is 1.58 bits per heavy atom. The molecule has 9 aliphatic rings. The number of aliphatic carboxylic acids is 2. The first-order chi connectivity index (χ1) is 33.5. The van der Waals surface area contributed by atoms with E-state index >= 15 is 0 Å². The monoisotopic (exact) mass is 1050 g/mol. The topological polar surface area (TPSA) is 230 Å². The number of hydrogen-bond donors (Lipinski definition) is 6. The first-order valence-electron chi connectivity index (χ1n) is 26.9. The molecule has 0 bridgehead atoms. The molecule has 74 heavy (non-hydrogen) atoms. The van der Waals surface area contributed by atoms with Crippen molar-refractivity contribution >= 4 is 27.8 Å². The molecule has 0 aromatic heterocycles. The molecule has 402 valence electrons. The van der Waals surface area contributed by atoms with Gasteiger partial charge in [0, 0.05) is 23.0 Å². The van der Waals surface area contributed by atoms with Crippen LogP contribution in [0.1, 0.15) is 195 Å². The molecule has 6 saturated carbocycles. The Morgan fingerprint density at radius 2 is 1.12 bits per heavy atom. The number of aliphatic hydroxyl groups is 2. The van der Waals surface area contributed by atoms with E-state index in [2.05, 4.69) is 67.5 Å². The molecule has 0 amide bonds. The van der Waals surface area contributed by atoms with Gasteiger partial charge in [0.1, 0.15) is 10.1 Å². The molecular weight excluding hydrogens is 968 g/mol. The van der Waals surface area contributed by atoms with Crippen molar-refractivity contribution in [1.82, 2.24) is 0 Å². The molecular formula is C60H83NaO12S. The Labute approximate surface area is 462 Å². The van der Waals surface area contributed by atoms with Gasteiger partial charge in [0.15, 0.2) is 17.3 Å². The third-order valence-electron chi connectivity index (χ3n) is 23.3. The number of phenolic OH excluding ortho intramolecular Hbond substituents is 2. The second-order valence-corrected chi connectivity index (χ2v) is 28.4. The number of carboxylic acids is 2. The summed E-state index contributed by atoms with van der Waals surface area (Å²) in [6.45, 7) is 27.4. The minimum Gasteiger partial charge on any atom is -0.747 e. The van der Waals surface area contributed by atoms with Crippen molar-refractivity contribution < 1.29 is 87.6 Å². The van der Waals surface area contributed by atoms with Crippen molar-refractivity contribution in [2.24, 2.45) is 60.6 Å². The fourth-order valence-corrected chi connectivity index (χ4v) is 18.7. The zero-order valence-corrected chi connectivity index (χ0v) is 49.6. The molecule has 1 aromatic carbocycles. The minimum absolute atomic E-state index is 0. The number of allylic oxidation sites excluding steroid dienone is 8. The van der Waals surface area contributed by atoms with Gasteiger partial charge in [-0.3, -0.25) is 14.4 Å². The van der Waals surface area contributed by atoms with Gasteiger partial charge in [-0.05, 0) is 209 Å². The van der Waals surface area contributed by atoms with Gasteiger partial charge >= 0.3 is 41.5 Å². The van der Waals surface area contributed by atoms with Gasteiger partial charge in [0.2, 0.25) is 5.78 Å². The summed E-state index contributed by atoms with van der Waals surface area (Å²) in [7, 11) is -4.82. The number of benzene rings is 1. The molecule has 0 heterocycles. The van der Waals surface area contributed by atoms with Crippen LogP contribution in [0.15, 0.2) is 64.0 Å². The Balaban J connectivity index is 0.000000204. The Hall–Kier alpha value is -3.20. The third-order valence-corrected chi connectivity index (χ3v) is 24.3. The fraction of sp³-hybridized carbons (Fsp3) is 0.683. The second-order valence-electron chi connectivity index (χ2n) is 26.9. The number of aliphatic hydroxyl groups excluding tert-OH is 2. The van der Waals surface area contributed by atoms with Gasteiger partial charge in [-0.15, -0.1) is 0 Å². The van der Waals surface area contributed by atoms with Crippen LogP contribution in [-0.2, 0) is 29.9 Å². The standard InChI is InChI=1S/C29H40O7S.C29H38O4.C2H6O.Na/c1-16-22-17(13-18(30)23(16)31)27(4)10-12-29(6)21-15-26(3,24(32)33)8-7-25(21,2)9-11-28(29,5)20(27)14-19(22)37(34,35)36;1-17-18-7-8-21-27(4,19(18)15-20(30)23(17)31)12-14-29(6)22-16-26(3,24(32)33)10-9-25(22,2)11-13-28(21,29)5;1-2-3;/h13-14,19,21,30-31H,7-12,15H2,1-6H3,(H,32,33)(H,34,35,36);7-8,15,22,31H,9-14,16H2,1-6H3,(H,32,33);3H,2H2,1H3;/q;;;+1/p-1/t19?,21-,25-,26-,27+,28-,29+;22-,25-,26-,27+,28-,29+;;/m11../s1. The maximum atomic E-state index is 12.7. The van der Waals surface area contributed by atoms with E-state index in [4.69, 9.17) is 5.11 Å². The predicted molar refractivity (Wildman–Crippen MR) is 280 cm³/mol. The molecule has 9 aliphatic carbocycles. The van der Waals surface area contributed by atoms with Crippen molar-refractivity contribution in [3.8, 4) is 11.5 Å². The average molecular weight is 1050 g/mol. The summed E-state index contributed by atoms with van der Waals surface area (Å²) >= 11 is 0. The third kappa shape index (κ3) is 8.08. The number of fused-ring (bicyclic) bond motifs is 14. The van der Waals surface area contributed by atoms with Crippen molar-refractivity contribution in [1.29, 1.82) is 0 Å². The van der Waals surface area contributed by atoms with Crippen molar-refractivity contribution in [2.75, 3.05) is 6.61 Å². The number of carbonyl (C=O) groups is 3. The van der Waals surface area contributed by atoms with E-state index in [1.165, 1.54) is 11.6 Å². The van der Waals surface area contributed by atoms with E-state index in [0.717, 1.165) is 87.3 Å². The van der Waals surface area contributed by atoms with Gasteiger partial charge < -0.3 is 35.2 Å². The smallest absolute Gasteiger partial charge is 0.747 e. The Kier molecular flexibility index (Phi) is 14.6. The molecule has 13 atom stereocenters. The Morgan fingerprint density at radius 1 is 0.676 bits per heavy atom. The van der Waals surface area contributed by atoms with Crippen LogP contribution in [0.4, 0.5) is 0 Å². The molecule has 6 N–H and O–H groups in total. The summed E-state index contributed by atoms with van der Waals surface area (Å²) in [5, 5.41) is 57.5. The second kappa shape index (κ2) is 18.5. The number of aromatic hydroxyl groups is 2. The van der Waals surface area contributed by atoms with Crippen LogP contribution in [0.5, 0.6) is 11.5 Å². The Bertz CT molecular complexity index is 2860. The van der Waals surface area contributed by atoms with Crippen LogP contribution in [0.3, 0.4) is 0 Å². The number of carboxylic acid groups (broad SMARTS) is 2. The van der Waals surface area contributed by atoms with Crippen molar-refractivity contribution in [3.05, 3.63) is 80.7 Å². The quantitative estimate of drug-likeness (QED) is 0.0720. The first-order valence-corrected chi connectivity index (χ1v) is 28.4. The summed E-state index contributed by atoms with van der Waals surface area (Å²) in [4.78, 5) is 37.1. The SMILES string of the molecule is CC1=C(O)C(=O)C=C2C1=CC=C1[C@@]2(C)CC[C@@]2(C)[C@@H]3C[C@](C)(C(=O)O)CC[C@]3(C)CC[C@]12C.CCO.Cc1c(O)c(O)cc2c1C(S(=O)(=O)[O-])C=C1[C@@]2(C)CC[C@@]2(C)[C@@H]3C[C@](C)(C(=O)O)CC[C@]3(C)CC[C@]12C.[Na+]. The van der Waals surface area contributed by atoms with Crippen LogP contribution in [0.2, 0.25) is 0 Å². The minimum atomic E-state index is -4.82. The number of ketones is 1. The zero-order chi connectivity index (χ0) is 54.5. The van der Waals surface area contributed by atoms with Crippen LogP contribution < -0.4 is 29.6 Å². The van der Waals surface area contributed by atoms with Crippen molar-refractivity contribution in [3.63, 3.8) is 0 Å². The van der Waals surface area contributed by atoms with Gasteiger partial charge in [0.05, 0.1) is 16.1 Å². The molecule has 12 nitrogen and oxygen atoms in total. The van der Waals surface area contributed by atoms with Crippen LogP contribution in [-0.4, -0.2) is 67.9 Å². The van der Waals surface area contributed by atoms with E-state index < -0.39 is 54.7 Å². The van der Waals surface area contributed by atoms with E-state index in [-0.39, 0.29) is 103 Å². The number of carbonyl (C=O) groups excluding carboxylic acids is 1.